The number of piperazine rings is 1. The Hall–Kier alpha value is -3.54. The summed E-state index contributed by atoms with van der Waals surface area (Å²) in [5.41, 5.74) is -1.17. The van der Waals surface area contributed by atoms with Gasteiger partial charge in [0.1, 0.15) is 12.3 Å². The summed E-state index contributed by atoms with van der Waals surface area (Å²) in [4.78, 5) is 26.5. The Kier molecular flexibility index (Phi) is 7.82. The number of alkyl halides is 3. The lowest BCUT2D eigenvalue weighted by molar-refractivity contribution is -0.384. The van der Waals surface area contributed by atoms with Gasteiger partial charge in [0.15, 0.2) is 11.5 Å². The molecule has 1 aliphatic rings. The highest BCUT2D eigenvalue weighted by molar-refractivity contribution is 5.90. The second-order valence-corrected chi connectivity index (χ2v) is 7.49. The van der Waals surface area contributed by atoms with E-state index >= 15 is 0 Å². The number of methoxy groups -OCH3 is 2. The van der Waals surface area contributed by atoms with Crippen LogP contribution in [0, 0.1) is 10.1 Å². The third kappa shape index (κ3) is 5.87. The van der Waals surface area contributed by atoms with Crippen molar-refractivity contribution >= 4 is 17.3 Å². The van der Waals surface area contributed by atoms with E-state index in [1.807, 2.05) is 4.90 Å². The molecule has 1 aliphatic heterocycles. The number of esters is 1. The number of carbonyl (C=O) groups is 1. The Labute approximate surface area is 193 Å². The summed E-state index contributed by atoms with van der Waals surface area (Å²) in [6.45, 7) is 2.36. The zero-order valence-corrected chi connectivity index (χ0v) is 18.6. The first kappa shape index (κ1) is 25.1. The molecule has 0 spiro atoms. The predicted molar refractivity (Wildman–Crippen MR) is 117 cm³/mol. The van der Waals surface area contributed by atoms with E-state index in [0.717, 1.165) is 12.1 Å². The molecule has 0 radical (unpaired) electrons. The van der Waals surface area contributed by atoms with Crippen molar-refractivity contribution < 1.29 is 37.1 Å². The number of benzene rings is 2. The van der Waals surface area contributed by atoms with Crippen molar-refractivity contribution in [3.8, 4) is 11.5 Å². The molecule has 34 heavy (non-hydrogen) atoms. The molecular formula is C22H24F3N3O6. The van der Waals surface area contributed by atoms with Gasteiger partial charge in [0.25, 0.3) is 5.69 Å². The number of nitrogens with zero attached hydrogens (tertiary/aromatic N) is 3. The van der Waals surface area contributed by atoms with Crippen LogP contribution in [0.1, 0.15) is 15.9 Å². The van der Waals surface area contributed by atoms with Crippen LogP contribution < -0.4 is 14.4 Å². The number of hydrogen-bond donors (Lipinski definition) is 0. The molecule has 1 saturated heterocycles. The summed E-state index contributed by atoms with van der Waals surface area (Å²) >= 11 is 0. The van der Waals surface area contributed by atoms with Gasteiger partial charge in [-0.15, -0.1) is 0 Å². The van der Waals surface area contributed by atoms with Gasteiger partial charge < -0.3 is 19.1 Å². The normalized spacial score (nSPS) is 14.6. The quantitative estimate of drug-likeness (QED) is 0.319. The van der Waals surface area contributed by atoms with Crippen LogP contribution in [0.15, 0.2) is 36.4 Å². The van der Waals surface area contributed by atoms with E-state index in [4.69, 9.17) is 14.2 Å². The monoisotopic (exact) mass is 483 g/mol. The third-order valence-corrected chi connectivity index (χ3v) is 5.47. The number of carbonyl (C=O) groups excluding carboxylic acids is 1. The summed E-state index contributed by atoms with van der Waals surface area (Å²) in [6, 6.07) is 7.25. The smallest absolute Gasteiger partial charge is 0.416 e. The average Bonchev–Trinajstić information content (AvgIpc) is 2.83. The number of anilines is 1. The van der Waals surface area contributed by atoms with E-state index in [0.29, 0.717) is 55.9 Å². The lowest BCUT2D eigenvalue weighted by atomic mass is 10.1. The maximum absolute atomic E-state index is 12.9. The van der Waals surface area contributed by atoms with Crippen molar-refractivity contribution in [3.05, 3.63) is 57.6 Å². The molecule has 0 aromatic heterocycles. The molecule has 0 atom stereocenters. The van der Waals surface area contributed by atoms with Crippen LogP contribution >= 0.6 is 0 Å². The first-order valence-corrected chi connectivity index (χ1v) is 10.4. The van der Waals surface area contributed by atoms with E-state index in [1.165, 1.54) is 20.3 Å². The van der Waals surface area contributed by atoms with Crippen LogP contribution in [-0.4, -0.2) is 69.3 Å². The lowest BCUT2D eigenvalue weighted by Crippen LogP contribution is -2.47. The Morgan fingerprint density at radius 3 is 2.29 bits per heavy atom. The number of hydrogen-bond acceptors (Lipinski definition) is 8. The molecule has 3 rings (SSSR count). The minimum Gasteiger partial charge on any atom is -0.493 e. The topological polar surface area (TPSA) is 94.4 Å². The molecule has 12 heteroatoms. The van der Waals surface area contributed by atoms with Gasteiger partial charge in [-0.25, -0.2) is 4.79 Å². The van der Waals surface area contributed by atoms with Crippen LogP contribution in [-0.2, 0) is 10.9 Å². The Bertz CT molecular complexity index is 1040. The molecule has 0 aliphatic carbocycles. The van der Waals surface area contributed by atoms with Crippen LogP contribution in [0.4, 0.5) is 24.5 Å². The van der Waals surface area contributed by atoms with E-state index in [-0.39, 0.29) is 12.3 Å². The van der Waals surface area contributed by atoms with Gasteiger partial charge >= 0.3 is 12.1 Å². The highest BCUT2D eigenvalue weighted by Gasteiger charge is 2.34. The summed E-state index contributed by atoms with van der Waals surface area (Å²) in [7, 11) is 2.96. The van der Waals surface area contributed by atoms with Gasteiger partial charge in [-0.2, -0.15) is 13.2 Å². The maximum Gasteiger partial charge on any atom is 0.416 e. The third-order valence-electron chi connectivity index (χ3n) is 5.47. The molecule has 0 unspecified atom stereocenters. The van der Waals surface area contributed by atoms with Crippen molar-refractivity contribution in [3.63, 3.8) is 0 Å². The first-order chi connectivity index (χ1) is 16.1. The molecule has 2 aromatic rings. The van der Waals surface area contributed by atoms with E-state index in [9.17, 15) is 28.1 Å². The second-order valence-electron chi connectivity index (χ2n) is 7.49. The number of nitro groups is 1. The van der Waals surface area contributed by atoms with E-state index in [1.54, 1.807) is 17.0 Å². The fraction of sp³-hybridized carbons (Fsp3) is 0.409. The second kappa shape index (κ2) is 10.6. The van der Waals surface area contributed by atoms with Gasteiger partial charge in [0, 0.05) is 38.8 Å². The SMILES string of the molecule is COc1ccc(C(=O)OCCN2CCN(c3ccc(C(F)(F)F)cc3[N+](=O)[O-])CC2)cc1OC. The van der Waals surface area contributed by atoms with E-state index < -0.39 is 28.3 Å². The largest absolute Gasteiger partial charge is 0.493 e. The molecule has 0 saturated carbocycles. The van der Waals surface area contributed by atoms with Gasteiger partial charge in [-0.3, -0.25) is 15.0 Å². The van der Waals surface area contributed by atoms with Gasteiger partial charge in [0.2, 0.25) is 0 Å². The maximum atomic E-state index is 12.9. The summed E-state index contributed by atoms with van der Waals surface area (Å²) in [5, 5.41) is 11.3. The summed E-state index contributed by atoms with van der Waals surface area (Å²) in [6.07, 6.45) is -4.66. The minimum absolute atomic E-state index is 0.133. The zero-order valence-electron chi connectivity index (χ0n) is 18.6. The predicted octanol–water partition coefficient (Wildman–Crippen LogP) is 3.61. The van der Waals surface area contributed by atoms with Crippen LogP contribution in [0.25, 0.3) is 0 Å². The van der Waals surface area contributed by atoms with Gasteiger partial charge in [-0.1, -0.05) is 0 Å². The molecule has 9 nitrogen and oxygen atoms in total. The number of halogens is 3. The van der Waals surface area contributed by atoms with Crippen molar-refractivity contribution in [2.75, 3.05) is 58.5 Å². The van der Waals surface area contributed by atoms with Crippen LogP contribution in [0.2, 0.25) is 0 Å². The van der Waals surface area contributed by atoms with Gasteiger partial charge in [0.05, 0.1) is 30.3 Å². The summed E-state index contributed by atoms with van der Waals surface area (Å²) in [5.74, 6) is 0.385. The van der Waals surface area contributed by atoms with Crippen LogP contribution in [0.5, 0.6) is 11.5 Å². The number of rotatable bonds is 8. The number of nitro benzene ring substituents is 1. The van der Waals surface area contributed by atoms with Crippen molar-refractivity contribution in [1.82, 2.24) is 4.90 Å². The average molecular weight is 483 g/mol. The molecular weight excluding hydrogens is 459 g/mol. The Balaban J connectivity index is 1.53. The minimum atomic E-state index is -4.66. The van der Waals surface area contributed by atoms with Crippen molar-refractivity contribution in [2.45, 2.75) is 6.18 Å². The molecule has 0 bridgehead atoms. The fourth-order valence-corrected chi connectivity index (χ4v) is 3.64. The molecule has 1 heterocycles. The molecule has 0 N–H and O–H groups in total. The zero-order chi connectivity index (χ0) is 24.9. The molecule has 2 aromatic carbocycles. The van der Waals surface area contributed by atoms with Crippen LogP contribution in [0.3, 0.4) is 0 Å². The lowest BCUT2D eigenvalue weighted by Gasteiger charge is -2.35. The Morgan fingerprint density at radius 2 is 1.71 bits per heavy atom. The standard InChI is InChI=1S/C22H24F3N3O6/c1-32-19-6-3-15(13-20(19)33-2)21(29)34-12-11-26-7-9-27(10-8-26)17-5-4-16(22(23,24)25)14-18(17)28(30)31/h3-6,13-14H,7-12H2,1-2H3. The molecule has 184 valence electrons. The highest BCUT2D eigenvalue weighted by Crippen LogP contribution is 2.36. The Morgan fingerprint density at radius 1 is 1.03 bits per heavy atom. The van der Waals surface area contributed by atoms with Gasteiger partial charge in [-0.05, 0) is 30.3 Å². The fourth-order valence-electron chi connectivity index (χ4n) is 3.64. The molecule has 0 amide bonds. The van der Waals surface area contributed by atoms with E-state index in [2.05, 4.69) is 0 Å². The van der Waals surface area contributed by atoms with Crippen molar-refractivity contribution in [1.29, 1.82) is 0 Å². The van der Waals surface area contributed by atoms with Crippen molar-refractivity contribution in [2.24, 2.45) is 0 Å². The first-order valence-electron chi connectivity index (χ1n) is 10.4. The highest BCUT2D eigenvalue weighted by atomic mass is 19.4. The molecule has 1 fully saturated rings. The number of ether oxygens (including phenoxy) is 3. The summed E-state index contributed by atoms with van der Waals surface area (Å²) < 4.78 is 54.4.